The molecule has 2 unspecified atom stereocenters. The number of ether oxygens (including phenoxy) is 1. The van der Waals surface area contributed by atoms with E-state index in [1.54, 1.807) is 0 Å². The number of hydrogen-bond donors (Lipinski definition) is 1. The Morgan fingerprint density at radius 3 is 2.87 bits per heavy atom. The van der Waals surface area contributed by atoms with E-state index in [1.165, 1.54) is 38.8 Å². The van der Waals surface area contributed by atoms with E-state index < -0.39 is 0 Å². The summed E-state index contributed by atoms with van der Waals surface area (Å²) in [5, 5.41) is 3.44. The minimum Gasteiger partial charge on any atom is -0.377 e. The van der Waals surface area contributed by atoms with Crippen molar-refractivity contribution in [1.29, 1.82) is 0 Å². The molecule has 0 radical (unpaired) electrons. The highest BCUT2D eigenvalue weighted by molar-refractivity contribution is 4.82. The molecule has 0 aliphatic carbocycles. The molecule has 15 heavy (non-hydrogen) atoms. The lowest BCUT2D eigenvalue weighted by Gasteiger charge is -2.32. The normalized spacial score (nSPS) is 32.4. The Morgan fingerprint density at radius 1 is 1.33 bits per heavy atom. The molecule has 2 aliphatic rings. The van der Waals surface area contributed by atoms with Crippen molar-refractivity contribution in [3.63, 3.8) is 0 Å². The summed E-state index contributed by atoms with van der Waals surface area (Å²) in [5.41, 5.74) is 0. The lowest BCUT2D eigenvalue weighted by atomic mass is 10.1. The highest BCUT2D eigenvalue weighted by atomic mass is 16.5. The molecule has 3 heteroatoms. The second-order valence-electron chi connectivity index (χ2n) is 4.72. The summed E-state index contributed by atoms with van der Waals surface area (Å²) in [6, 6.07) is 0.750. The van der Waals surface area contributed by atoms with Crippen LogP contribution in [0.15, 0.2) is 0 Å². The van der Waals surface area contributed by atoms with E-state index in [4.69, 9.17) is 4.74 Å². The van der Waals surface area contributed by atoms with E-state index in [9.17, 15) is 0 Å². The Bertz CT molecular complexity index is 174. The van der Waals surface area contributed by atoms with E-state index in [-0.39, 0.29) is 0 Å². The molecular formula is C12H24N2O. The van der Waals surface area contributed by atoms with Crippen molar-refractivity contribution in [2.75, 3.05) is 32.8 Å². The van der Waals surface area contributed by atoms with Gasteiger partial charge >= 0.3 is 0 Å². The van der Waals surface area contributed by atoms with Gasteiger partial charge in [0, 0.05) is 25.7 Å². The van der Waals surface area contributed by atoms with Crippen LogP contribution in [-0.2, 0) is 4.74 Å². The van der Waals surface area contributed by atoms with Crippen LogP contribution >= 0.6 is 0 Å². The topological polar surface area (TPSA) is 24.5 Å². The zero-order chi connectivity index (χ0) is 10.5. The maximum Gasteiger partial charge on any atom is 0.0702 e. The van der Waals surface area contributed by atoms with Gasteiger partial charge in [-0.2, -0.15) is 0 Å². The predicted molar refractivity (Wildman–Crippen MR) is 62.1 cm³/mol. The summed E-state index contributed by atoms with van der Waals surface area (Å²) >= 11 is 0. The Balaban J connectivity index is 1.78. The van der Waals surface area contributed by atoms with Crippen LogP contribution in [0.25, 0.3) is 0 Å². The molecule has 2 rings (SSSR count). The summed E-state index contributed by atoms with van der Waals surface area (Å²) in [4.78, 5) is 2.59. The average molecular weight is 212 g/mol. The van der Waals surface area contributed by atoms with E-state index in [0.717, 1.165) is 25.7 Å². The number of hydrogen-bond acceptors (Lipinski definition) is 3. The molecule has 0 aromatic rings. The van der Waals surface area contributed by atoms with Gasteiger partial charge in [0.15, 0.2) is 0 Å². The van der Waals surface area contributed by atoms with Crippen LogP contribution in [0, 0.1) is 0 Å². The van der Waals surface area contributed by atoms with Crippen LogP contribution in [-0.4, -0.2) is 49.8 Å². The summed E-state index contributed by atoms with van der Waals surface area (Å²) in [6.45, 7) is 7.90. The monoisotopic (exact) mass is 212 g/mol. The maximum absolute atomic E-state index is 5.81. The van der Waals surface area contributed by atoms with Gasteiger partial charge in [-0.25, -0.2) is 0 Å². The third-order valence-corrected chi connectivity index (χ3v) is 3.67. The van der Waals surface area contributed by atoms with Crippen molar-refractivity contribution < 1.29 is 4.74 Å². The predicted octanol–water partition coefficient (Wildman–Crippen LogP) is 1.24. The molecular weight excluding hydrogens is 188 g/mol. The molecule has 0 spiro atoms. The maximum atomic E-state index is 5.81. The van der Waals surface area contributed by atoms with Crippen LogP contribution < -0.4 is 5.32 Å². The fourth-order valence-corrected chi connectivity index (χ4v) is 2.70. The van der Waals surface area contributed by atoms with Gasteiger partial charge in [-0.15, -0.1) is 0 Å². The molecule has 2 saturated heterocycles. The second-order valence-corrected chi connectivity index (χ2v) is 4.72. The molecule has 2 heterocycles. The van der Waals surface area contributed by atoms with Crippen LogP contribution in [0.3, 0.4) is 0 Å². The molecule has 1 N–H and O–H groups in total. The van der Waals surface area contributed by atoms with Crippen LogP contribution in [0.2, 0.25) is 0 Å². The molecule has 2 atom stereocenters. The van der Waals surface area contributed by atoms with Gasteiger partial charge in [-0.05, 0) is 38.8 Å². The minimum absolute atomic E-state index is 0.499. The van der Waals surface area contributed by atoms with Gasteiger partial charge in [0.25, 0.3) is 0 Å². The minimum atomic E-state index is 0.499. The first-order valence-electron chi connectivity index (χ1n) is 6.46. The highest BCUT2D eigenvalue weighted by Crippen LogP contribution is 2.16. The Morgan fingerprint density at radius 2 is 2.27 bits per heavy atom. The fraction of sp³-hybridized carbons (Fsp3) is 1.00. The van der Waals surface area contributed by atoms with E-state index in [1.807, 2.05) is 0 Å². The van der Waals surface area contributed by atoms with Crippen LogP contribution in [0.4, 0.5) is 0 Å². The van der Waals surface area contributed by atoms with Crippen LogP contribution in [0.5, 0.6) is 0 Å². The van der Waals surface area contributed by atoms with E-state index >= 15 is 0 Å². The largest absolute Gasteiger partial charge is 0.377 e. The number of nitrogens with one attached hydrogen (secondary N) is 1. The van der Waals surface area contributed by atoms with Gasteiger partial charge in [-0.1, -0.05) is 6.92 Å². The van der Waals surface area contributed by atoms with Crippen molar-refractivity contribution >= 4 is 0 Å². The van der Waals surface area contributed by atoms with Gasteiger partial charge in [0.05, 0.1) is 6.10 Å². The molecule has 88 valence electrons. The molecule has 2 fully saturated rings. The average Bonchev–Trinajstić information content (AvgIpc) is 2.81. The molecule has 0 saturated carbocycles. The van der Waals surface area contributed by atoms with Crippen molar-refractivity contribution in [3.8, 4) is 0 Å². The van der Waals surface area contributed by atoms with Gasteiger partial charge < -0.3 is 10.1 Å². The number of rotatable bonds is 4. The molecule has 0 amide bonds. The fourth-order valence-electron chi connectivity index (χ4n) is 2.70. The SMILES string of the molecule is CCN(CC1CCCCO1)C1CCNC1. The Kier molecular flexibility index (Phi) is 4.42. The van der Waals surface area contributed by atoms with Gasteiger partial charge in [0.2, 0.25) is 0 Å². The van der Waals surface area contributed by atoms with Crippen molar-refractivity contribution in [1.82, 2.24) is 10.2 Å². The summed E-state index contributed by atoms with van der Waals surface area (Å²) < 4.78 is 5.81. The van der Waals surface area contributed by atoms with Crippen molar-refractivity contribution in [2.24, 2.45) is 0 Å². The van der Waals surface area contributed by atoms with Crippen LogP contribution in [0.1, 0.15) is 32.6 Å². The lowest BCUT2D eigenvalue weighted by molar-refractivity contribution is -0.0112. The summed E-state index contributed by atoms with van der Waals surface area (Å²) in [6.07, 6.45) is 5.68. The molecule has 0 aromatic heterocycles. The first-order chi connectivity index (χ1) is 7.40. The highest BCUT2D eigenvalue weighted by Gasteiger charge is 2.24. The Labute approximate surface area is 93.2 Å². The molecule has 0 bridgehead atoms. The Hall–Kier alpha value is -0.120. The summed E-state index contributed by atoms with van der Waals surface area (Å²) in [7, 11) is 0. The third kappa shape index (κ3) is 3.16. The van der Waals surface area contributed by atoms with E-state index in [2.05, 4.69) is 17.1 Å². The first kappa shape index (κ1) is 11.4. The van der Waals surface area contributed by atoms with E-state index in [0.29, 0.717) is 6.10 Å². The van der Waals surface area contributed by atoms with Crippen molar-refractivity contribution in [3.05, 3.63) is 0 Å². The van der Waals surface area contributed by atoms with Gasteiger partial charge in [0.1, 0.15) is 0 Å². The third-order valence-electron chi connectivity index (χ3n) is 3.67. The van der Waals surface area contributed by atoms with Gasteiger partial charge in [-0.3, -0.25) is 4.90 Å². The smallest absolute Gasteiger partial charge is 0.0702 e. The molecule has 3 nitrogen and oxygen atoms in total. The molecule has 2 aliphatic heterocycles. The van der Waals surface area contributed by atoms with Crippen molar-refractivity contribution in [2.45, 2.75) is 44.8 Å². The number of likely N-dealkylation sites (N-methyl/N-ethyl adjacent to an activating group) is 1. The lowest BCUT2D eigenvalue weighted by Crippen LogP contribution is -2.43. The second kappa shape index (κ2) is 5.83. The zero-order valence-corrected chi connectivity index (χ0v) is 9.87. The first-order valence-corrected chi connectivity index (χ1v) is 6.46. The quantitative estimate of drug-likeness (QED) is 0.759. The zero-order valence-electron chi connectivity index (χ0n) is 9.87. The summed E-state index contributed by atoms with van der Waals surface area (Å²) in [5.74, 6) is 0. The standard InChI is InChI=1S/C12H24N2O/c1-2-14(11-6-7-13-9-11)10-12-5-3-4-8-15-12/h11-13H,2-10H2,1H3. The number of nitrogens with zero attached hydrogens (tertiary/aromatic N) is 1. The molecule has 0 aromatic carbocycles.